The number of aryl methyl sites for hydroxylation is 2. The van der Waals surface area contributed by atoms with E-state index in [1.807, 2.05) is 78.9 Å². The number of nitrogens with zero attached hydrogens (tertiary/aromatic N) is 4. The molecule has 5 nitrogen and oxygen atoms in total. The molecule has 0 fully saturated rings. The number of benzene rings is 3. The molecule has 0 amide bonds. The highest BCUT2D eigenvalue weighted by molar-refractivity contribution is 7.99. The number of hydrogen-bond acceptors (Lipinski definition) is 4. The number of hydrogen-bond donors (Lipinski definition) is 0. The third-order valence-corrected chi connectivity index (χ3v) is 6.30. The largest absolute Gasteiger partial charge is 0.268 e. The van der Waals surface area contributed by atoms with E-state index in [1.165, 1.54) is 0 Å². The van der Waals surface area contributed by atoms with E-state index >= 15 is 0 Å². The van der Waals surface area contributed by atoms with Crippen molar-refractivity contribution in [3.8, 4) is 5.69 Å². The minimum absolute atomic E-state index is 0.0882. The molecule has 0 spiro atoms. The number of rotatable bonds is 5. The molecule has 0 aliphatic rings. The van der Waals surface area contributed by atoms with Crippen molar-refractivity contribution in [1.29, 1.82) is 0 Å². The summed E-state index contributed by atoms with van der Waals surface area (Å²) < 4.78 is 3.67. The summed E-state index contributed by atoms with van der Waals surface area (Å²) >= 11 is 1.59. The van der Waals surface area contributed by atoms with Crippen LogP contribution < -0.4 is 5.56 Å². The Morgan fingerprint density at radius 2 is 1.72 bits per heavy atom. The molecule has 0 unspecified atom stereocenters. The lowest BCUT2D eigenvalue weighted by Gasteiger charge is -2.13. The van der Waals surface area contributed by atoms with Crippen LogP contribution in [0.4, 0.5) is 0 Å². The van der Waals surface area contributed by atoms with Gasteiger partial charge < -0.3 is 0 Å². The fraction of sp³-hybridized carbons (Fsp3) is 0.115. The van der Waals surface area contributed by atoms with Gasteiger partial charge in [0.2, 0.25) is 5.78 Å². The summed E-state index contributed by atoms with van der Waals surface area (Å²) in [4.78, 5) is 13.5. The highest BCUT2D eigenvalue weighted by atomic mass is 32.2. The van der Waals surface area contributed by atoms with Gasteiger partial charge >= 0.3 is 0 Å². The van der Waals surface area contributed by atoms with Gasteiger partial charge in [-0.15, -0.1) is 10.2 Å². The van der Waals surface area contributed by atoms with Crippen LogP contribution in [0.15, 0.2) is 88.8 Å². The summed E-state index contributed by atoms with van der Waals surface area (Å²) in [6.45, 7) is 4.03. The first kappa shape index (κ1) is 20.3. The van der Waals surface area contributed by atoms with E-state index in [0.29, 0.717) is 11.2 Å². The van der Waals surface area contributed by atoms with E-state index in [4.69, 9.17) is 0 Å². The van der Waals surface area contributed by atoms with Crippen molar-refractivity contribution >= 4 is 34.5 Å². The molecule has 0 bridgehead atoms. The number of fused-ring (bicyclic) bond motifs is 3. The van der Waals surface area contributed by atoms with Crippen molar-refractivity contribution in [2.45, 2.75) is 19.0 Å². The first-order valence-electron chi connectivity index (χ1n) is 10.4. The quantitative estimate of drug-likeness (QED) is 0.342. The zero-order chi connectivity index (χ0) is 22.1. The van der Waals surface area contributed by atoms with Crippen LogP contribution in [0.25, 0.3) is 28.4 Å². The van der Waals surface area contributed by atoms with Crippen molar-refractivity contribution in [1.82, 2.24) is 19.2 Å². The van der Waals surface area contributed by atoms with E-state index < -0.39 is 0 Å². The highest BCUT2D eigenvalue weighted by Crippen LogP contribution is 2.25. The lowest BCUT2D eigenvalue weighted by atomic mass is 10.1. The summed E-state index contributed by atoms with van der Waals surface area (Å²) in [5.74, 6) is 1.27. The highest BCUT2D eigenvalue weighted by Gasteiger charge is 2.18. The molecule has 0 radical (unpaired) electrons. The summed E-state index contributed by atoms with van der Waals surface area (Å²) in [5.41, 5.74) is 4.82. The Balaban J connectivity index is 1.64. The summed E-state index contributed by atoms with van der Waals surface area (Å²) in [5, 5.41) is 10.3. The average Bonchev–Trinajstić information content (AvgIpc) is 3.23. The number of thioether (sulfide) groups is 1. The van der Waals surface area contributed by atoms with Crippen LogP contribution in [-0.4, -0.2) is 24.9 Å². The topological polar surface area (TPSA) is 52.2 Å². The molecule has 0 atom stereocenters. The van der Waals surface area contributed by atoms with Crippen molar-refractivity contribution in [2.24, 2.45) is 0 Å². The maximum Gasteiger partial charge on any atom is 0.267 e. The van der Waals surface area contributed by atoms with Crippen LogP contribution in [0, 0.1) is 13.8 Å². The van der Waals surface area contributed by atoms with E-state index in [1.54, 1.807) is 16.3 Å². The molecule has 2 aromatic heterocycles. The number of para-hydroxylation sites is 1. The smallest absolute Gasteiger partial charge is 0.267 e. The minimum Gasteiger partial charge on any atom is -0.268 e. The van der Waals surface area contributed by atoms with Crippen molar-refractivity contribution in [2.75, 3.05) is 5.75 Å². The molecule has 0 saturated heterocycles. The van der Waals surface area contributed by atoms with Gasteiger partial charge in [-0.3, -0.25) is 9.20 Å². The zero-order valence-corrected chi connectivity index (χ0v) is 18.7. The molecule has 0 N–H and O–H groups in total. The summed E-state index contributed by atoms with van der Waals surface area (Å²) in [7, 11) is 0. The third kappa shape index (κ3) is 3.63. The Morgan fingerprint density at radius 3 is 2.56 bits per heavy atom. The van der Waals surface area contributed by atoms with E-state index in [9.17, 15) is 4.79 Å². The second-order valence-corrected chi connectivity index (χ2v) is 8.68. The Kier molecular flexibility index (Phi) is 5.37. The van der Waals surface area contributed by atoms with Crippen molar-refractivity contribution < 1.29 is 0 Å². The molecule has 0 aliphatic heterocycles. The predicted octanol–water partition coefficient (Wildman–Crippen LogP) is 5.46. The van der Waals surface area contributed by atoms with Crippen LogP contribution in [-0.2, 0) is 0 Å². The van der Waals surface area contributed by atoms with Crippen molar-refractivity contribution in [3.05, 3.63) is 106 Å². The molecular formula is C26H22N4OS. The molecule has 158 valence electrons. The van der Waals surface area contributed by atoms with Crippen LogP contribution in [0.2, 0.25) is 0 Å². The van der Waals surface area contributed by atoms with Gasteiger partial charge in [-0.2, -0.15) is 0 Å². The van der Waals surface area contributed by atoms with Gasteiger partial charge in [0, 0.05) is 5.75 Å². The Hall–Kier alpha value is -3.64. The first-order chi connectivity index (χ1) is 15.6. The van der Waals surface area contributed by atoms with Gasteiger partial charge in [0.25, 0.3) is 5.56 Å². The lowest BCUT2D eigenvalue weighted by molar-refractivity contribution is 0.929. The molecule has 2 heterocycles. The monoisotopic (exact) mass is 438 g/mol. The average molecular weight is 439 g/mol. The van der Waals surface area contributed by atoms with E-state index in [2.05, 4.69) is 34.5 Å². The number of aromatic nitrogens is 4. The van der Waals surface area contributed by atoms with Gasteiger partial charge in [-0.25, -0.2) is 4.57 Å². The van der Waals surface area contributed by atoms with Crippen molar-refractivity contribution in [3.63, 3.8) is 0 Å². The maximum absolute atomic E-state index is 13.5. The van der Waals surface area contributed by atoms with Crippen LogP contribution >= 0.6 is 11.8 Å². The van der Waals surface area contributed by atoms with Gasteiger partial charge in [0.15, 0.2) is 5.16 Å². The fourth-order valence-corrected chi connectivity index (χ4v) is 4.57. The zero-order valence-electron chi connectivity index (χ0n) is 17.9. The molecule has 32 heavy (non-hydrogen) atoms. The molecule has 5 aromatic rings. The van der Waals surface area contributed by atoms with E-state index in [0.717, 1.165) is 38.8 Å². The molecule has 0 aliphatic carbocycles. The standard InChI is InChI=1S/C26H22N4OS/c1-18-14-15-19(2)23(17-18)29-24(31)21-12-6-7-13-22(21)30-25(29)27-28-26(30)32-16-8-11-20-9-4-3-5-10-20/h3-15,17H,16H2,1-2H3/b11-8+. The maximum atomic E-state index is 13.5. The molecule has 6 heteroatoms. The first-order valence-corrected chi connectivity index (χ1v) is 11.4. The third-order valence-electron chi connectivity index (χ3n) is 5.42. The van der Waals surface area contributed by atoms with Crippen LogP contribution in [0.1, 0.15) is 16.7 Å². The summed E-state index contributed by atoms with van der Waals surface area (Å²) in [6, 6.07) is 24.0. The molecular weight excluding hydrogens is 416 g/mol. The Bertz CT molecular complexity index is 1520. The normalized spacial score (nSPS) is 11.7. The summed E-state index contributed by atoms with van der Waals surface area (Å²) in [6.07, 6.45) is 4.21. The van der Waals surface area contributed by atoms with Crippen LogP contribution in [0.3, 0.4) is 0 Å². The predicted molar refractivity (Wildman–Crippen MR) is 132 cm³/mol. The molecule has 0 saturated carbocycles. The minimum atomic E-state index is -0.0882. The van der Waals surface area contributed by atoms with Gasteiger partial charge in [-0.05, 0) is 48.7 Å². The molecule has 5 rings (SSSR count). The van der Waals surface area contributed by atoms with Crippen LogP contribution in [0.5, 0.6) is 0 Å². The van der Waals surface area contributed by atoms with Gasteiger partial charge in [0.1, 0.15) is 0 Å². The molecule has 3 aromatic carbocycles. The van der Waals surface area contributed by atoms with E-state index in [-0.39, 0.29) is 5.56 Å². The van der Waals surface area contributed by atoms with Gasteiger partial charge in [-0.1, -0.05) is 78.5 Å². The lowest BCUT2D eigenvalue weighted by Crippen LogP contribution is -2.22. The second kappa shape index (κ2) is 8.48. The Morgan fingerprint density at radius 1 is 0.938 bits per heavy atom. The fourth-order valence-electron chi connectivity index (χ4n) is 3.82. The van der Waals surface area contributed by atoms with Gasteiger partial charge in [0.05, 0.1) is 16.6 Å². The second-order valence-electron chi connectivity index (χ2n) is 7.69. The Labute approximate surface area is 190 Å². The SMILES string of the molecule is Cc1ccc(C)c(-n2c(=O)c3ccccc3n3c(SC/C=C/c4ccccc4)nnc23)c1.